The van der Waals surface area contributed by atoms with Gasteiger partial charge in [-0.1, -0.05) is 32.0 Å². The Bertz CT molecular complexity index is 932. The number of fused-ring (bicyclic) bond motifs is 1. The molecule has 0 bridgehead atoms. The van der Waals surface area contributed by atoms with E-state index in [1.807, 2.05) is 52.9 Å². The summed E-state index contributed by atoms with van der Waals surface area (Å²) in [6, 6.07) is 9.62. The smallest absolute Gasteiger partial charge is 0.318 e. The molecule has 0 fully saturated rings. The van der Waals surface area contributed by atoms with E-state index in [1.165, 1.54) is 6.07 Å². The van der Waals surface area contributed by atoms with Gasteiger partial charge < -0.3 is 19.7 Å². The topological polar surface area (TPSA) is 57.6 Å². The number of hydrogen-bond donors (Lipinski definition) is 1. The van der Waals surface area contributed by atoms with E-state index in [2.05, 4.69) is 9.88 Å². The Morgan fingerprint density at radius 1 is 1.16 bits per heavy atom. The van der Waals surface area contributed by atoms with E-state index >= 15 is 0 Å². The molecule has 1 aromatic carbocycles. The largest absolute Gasteiger partial charge is 0.348 e. The second kappa shape index (κ2) is 9.12. The van der Waals surface area contributed by atoms with Gasteiger partial charge >= 0.3 is 6.03 Å². The van der Waals surface area contributed by atoms with Gasteiger partial charge in [0.2, 0.25) is 5.91 Å². The third-order valence-electron chi connectivity index (χ3n) is 5.24. The Kier molecular flexibility index (Phi) is 6.72. The monoisotopic (exact) mass is 428 g/mol. The van der Waals surface area contributed by atoms with Gasteiger partial charge in [-0.25, -0.2) is 9.18 Å². The molecule has 1 N–H and O–H groups in total. The summed E-state index contributed by atoms with van der Waals surface area (Å²) in [4.78, 5) is 29.6. The number of nitrogens with zero attached hydrogens (tertiary/aromatic N) is 3. The third-order valence-corrected chi connectivity index (χ3v) is 5.24. The number of nitrogens with one attached hydrogen (secondary N) is 1. The Hall–Kier alpha value is -2.83. The number of hydrogen-bond acceptors (Lipinski definition) is 2. The summed E-state index contributed by atoms with van der Waals surface area (Å²) in [6.07, 6.45) is 1.95. The van der Waals surface area contributed by atoms with Crippen LogP contribution in [0.4, 0.5) is 9.18 Å². The number of amides is 3. The fourth-order valence-corrected chi connectivity index (χ4v) is 3.99. The van der Waals surface area contributed by atoms with Gasteiger partial charge in [0.15, 0.2) is 0 Å². The summed E-state index contributed by atoms with van der Waals surface area (Å²) in [7, 11) is 0. The lowest BCUT2D eigenvalue weighted by Gasteiger charge is -2.39. The number of urea groups is 1. The van der Waals surface area contributed by atoms with Crippen LogP contribution in [0.15, 0.2) is 42.6 Å². The lowest BCUT2D eigenvalue weighted by molar-refractivity contribution is -0.134. The number of benzene rings is 1. The summed E-state index contributed by atoms with van der Waals surface area (Å²) in [5.74, 6) is -0.325. The summed E-state index contributed by atoms with van der Waals surface area (Å²) in [6.45, 7) is 11.3. The first-order chi connectivity index (χ1) is 14.6. The van der Waals surface area contributed by atoms with Gasteiger partial charge in [-0.15, -0.1) is 0 Å². The van der Waals surface area contributed by atoms with E-state index in [-0.39, 0.29) is 30.2 Å². The molecular formula is C24H33FN4O2. The van der Waals surface area contributed by atoms with Crippen LogP contribution in [0.1, 0.15) is 51.9 Å². The summed E-state index contributed by atoms with van der Waals surface area (Å²) in [5.41, 5.74) is 0.932. The fourth-order valence-electron chi connectivity index (χ4n) is 3.99. The Morgan fingerprint density at radius 2 is 1.87 bits per heavy atom. The molecule has 0 saturated carbocycles. The van der Waals surface area contributed by atoms with Gasteiger partial charge in [-0.3, -0.25) is 4.79 Å². The van der Waals surface area contributed by atoms with Gasteiger partial charge in [0, 0.05) is 42.6 Å². The van der Waals surface area contributed by atoms with Crippen molar-refractivity contribution in [2.24, 2.45) is 5.92 Å². The Balaban J connectivity index is 1.89. The summed E-state index contributed by atoms with van der Waals surface area (Å²) >= 11 is 0. The highest BCUT2D eigenvalue weighted by Crippen LogP contribution is 2.34. The molecule has 0 radical (unpaired) electrons. The van der Waals surface area contributed by atoms with Gasteiger partial charge in [-0.2, -0.15) is 0 Å². The van der Waals surface area contributed by atoms with Crippen molar-refractivity contribution in [3.63, 3.8) is 0 Å². The van der Waals surface area contributed by atoms with Crippen molar-refractivity contribution in [1.29, 1.82) is 0 Å². The van der Waals surface area contributed by atoms with Crippen LogP contribution in [0.2, 0.25) is 0 Å². The minimum atomic E-state index is -0.524. The van der Waals surface area contributed by atoms with E-state index in [1.54, 1.807) is 28.0 Å². The molecule has 6 nitrogen and oxygen atoms in total. The molecular weight excluding hydrogens is 395 g/mol. The van der Waals surface area contributed by atoms with E-state index in [4.69, 9.17) is 0 Å². The minimum Gasteiger partial charge on any atom is -0.348 e. The second-order valence-corrected chi connectivity index (χ2v) is 9.59. The Morgan fingerprint density at radius 3 is 2.52 bits per heavy atom. The fraction of sp³-hybridized carbons (Fsp3) is 0.500. The van der Waals surface area contributed by atoms with Gasteiger partial charge in [0.05, 0.1) is 0 Å². The van der Waals surface area contributed by atoms with Crippen LogP contribution < -0.4 is 5.32 Å². The van der Waals surface area contributed by atoms with Crippen molar-refractivity contribution in [3.8, 4) is 0 Å². The molecule has 31 heavy (non-hydrogen) atoms. The van der Waals surface area contributed by atoms with Gasteiger partial charge in [-0.05, 0) is 44.9 Å². The Labute approximate surface area is 184 Å². The zero-order valence-electron chi connectivity index (χ0n) is 19.1. The van der Waals surface area contributed by atoms with Crippen LogP contribution in [0.3, 0.4) is 0 Å². The lowest BCUT2D eigenvalue weighted by Crippen LogP contribution is -2.53. The molecule has 2 aromatic rings. The van der Waals surface area contributed by atoms with Gasteiger partial charge in [0.25, 0.3) is 0 Å². The van der Waals surface area contributed by atoms with Crippen molar-refractivity contribution in [1.82, 2.24) is 19.7 Å². The quantitative estimate of drug-likeness (QED) is 0.782. The highest BCUT2D eigenvalue weighted by molar-refractivity contribution is 5.85. The normalized spacial score (nSPS) is 16.2. The van der Waals surface area contributed by atoms with Crippen molar-refractivity contribution < 1.29 is 14.0 Å². The van der Waals surface area contributed by atoms with Crippen LogP contribution in [0, 0.1) is 11.7 Å². The number of carbonyl (C=O) groups excluding carboxylic acids is 2. The molecule has 0 unspecified atom stereocenters. The van der Waals surface area contributed by atoms with Crippen molar-refractivity contribution in [2.45, 2.75) is 52.7 Å². The van der Waals surface area contributed by atoms with Crippen molar-refractivity contribution >= 4 is 11.9 Å². The van der Waals surface area contributed by atoms with Crippen LogP contribution >= 0.6 is 0 Å². The average molecular weight is 429 g/mol. The maximum atomic E-state index is 14.7. The van der Waals surface area contributed by atoms with E-state index < -0.39 is 11.6 Å². The third kappa shape index (κ3) is 5.46. The molecule has 0 spiro atoms. The molecule has 1 aliphatic heterocycles. The first-order valence-electron chi connectivity index (χ1n) is 10.8. The second-order valence-electron chi connectivity index (χ2n) is 9.59. The van der Waals surface area contributed by atoms with Crippen LogP contribution in [-0.4, -0.2) is 51.5 Å². The molecule has 2 heterocycles. The molecule has 7 heteroatoms. The van der Waals surface area contributed by atoms with E-state index in [0.717, 1.165) is 5.69 Å². The number of aromatic nitrogens is 1. The highest BCUT2D eigenvalue weighted by atomic mass is 19.1. The maximum absolute atomic E-state index is 14.7. The lowest BCUT2D eigenvalue weighted by atomic mass is 9.99. The number of rotatable bonds is 5. The zero-order chi connectivity index (χ0) is 22.8. The van der Waals surface area contributed by atoms with Crippen LogP contribution in [0.5, 0.6) is 0 Å². The maximum Gasteiger partial charge on any atom is 0.318 e. The van der Waals surface area contributed by atoms with Crippen LogP contribution in [-0.2, 0) is 11.3 Å². The first kappa shape index (κ1) is 22.8. The SMILES string of the molecule is CC(C)CN(CC(=O)N1CCn2cccc2[C@H]1c1ccccc1F)C(=O)NC(C)(C)C. The molecule has 1 atom stereocenters. The number of halogens is 1. The molecule has 3 rings (SSSR count). The minimum absolute atomic E-state index is 0.0498. The van der Waals surface area contributed by atoms with E-state index in [9.17, 15) is 14.0 Å². The number of carbonyl (C=O) groups is 2. The molecule has 168 valence electrons. The van der Waals surface area contributed by atoms with Crippen molar-refractivity contribution in [3.05, 3.63) is 59.7 Å². The van der Waals surface area contributed by atoms with Crippen LogP contribution in [0.25, 0.3) is 0 Å². The predicted molar refractivity (Wildman–Crippen MR) is 119 cm³/mol. The molecule has 0 saturated heterocycles. The predicted octanol–water partition coefficient (Wildman–Crippen LogP) is 4.02. The first-order valence-corrected chi connectivity index (χ1v) is 10.8. The summed E-state index contributed by atoms with van der Waals surface area (Å²) in [5, 5.41) is 2.95. The standard InChI is InChI=1S/C24H33FN4O2/c1-17(2)15-28(23(31)26-24(3,4)5)16-21(30)29-14-13-27-12-8-11-20(27)22(29)18-9-6-7-10-19(18)25/h6-12,17,22H,13-16H2,1-5H3,(H,26,31)/t22-/m1/s1. The molecule has 3 amide bonds. The van der Waals surface area contributed by atoms with Crippen molar-refractivity contribution in [2.75, 3.05) is 19.6 Å². The average Bonchev–Trinajstić information content (AvgIpc) is 3.14. The molecule has 1 aromatic heterocycles. The summed E-state index contributed by atoms with van der Waals surface area (Å²) < 4.78 is 16.8. The van der Waals surface area contributed by atoms with Gasteiger partial charge in [0.1, 0.15) is 18.4 Å². The molecule has 1 aliphatic rings. The highest BCUT2D eigenvalue weighted by Gasteiger charge is 2.35. The van der Waals surface area contributed by atoms with E-state index in [0.29, 0.717) is 25.2 Å². The zero-order valence-corrected chi connectivity index (χ0v) is 19.1. The molecule has 0 aliphatic carbocycles.